The Labute approximate surface area is 130 Å². The molecule has 2 aromatic rings. The Kier molecular flexibility index (Phi) is 5.30. The second-order valence-electron chi connectivity index (χ2n) is 4.57. The van der Waals surface area contributed by atoms with Crippen LogP contribution in [0, 0.1) is 18.6 Å². The number of anilines is 1. The standard InChI is InChI=1S/C14H16BrF2N3O/c1-9-8-20(14(19-9)18-4-3-5-21-2)13-7-11(16)10(15)6-12(13)17/h6-8H,3-5H2,1-2H3,(H,18,19). The monoisotopic (exact) mass is 359 g/mol. The second-order valence-corrected chi connectivity index (χ2v) is 5.42. The van der Waals surface area contributed by atoms with Gasteiger partial charge < -0.3 is 10.1 Å². The van der Waals surface area contributed by atoms with Crippen molar-refractivity contribution in [3.05, 3.63) is 40.1 Å². The van der Waals surface area contributed by atoms with Gasteiger partial charge in [0, 0.05) is 32.5 Å². The summed E-state index contributed by atoms with van der Waals surface area (Å²) in [6, 6.07) is 2.25. The quantitative estimate of drug-likeness (QED) is 0.631. The summed E-state index contributed by atoms with van der Waals surface area (Å²) < 4.78 is 34.3. The van der Waals surface area contributed by atoms with Crippen molar-refractivity contribution in [2.75, 3.05) is 25.6 Å². The van der Waals surface area contributed by atoms with E-state index in [9.17, 15) is 8.78 Å². The van der Waals surface area contributed by atoms with E-state index < -0.39 is 11.6 Å². The Hall–Kier alpha value is -1.47. The van der Waals surface area contributed by atoms with Gasteiger partial charge in [-0.15, -0.1) is 0 Å². The molecular weight excluding hydrogens is 344 g/mol. The summed E-state index contributed by atoms with van der Waals surface area (Å²) in [5.74, 6) is -0.576. The highest BCUT2D eigenvalue weighted by atomic mass is 79.9. The van der Waals surface area contributed by atoms with Gasteiger partial charge in [0.1, 0.15) is 11.6 Å². The number of nitrogens with zero attached hydrogens (tertiary/aromatic N) is 2. The van der Waals surface area contributed by atoms with Crippen molar-refractivity contribution in [1.29, 1.82) is 0 Å². The minimum atomic E-state index is -0.527. The van der Waals surface area contributed by atoms with Gasteiger partial charge in [0.05, 0.1) is 15.9 Å². The highest BCUT2D eigenvalue weighted by Crippen LogP contribution is 2.25. The van der Waals surface area contributed by atoms with Gasteiger partial charge in [0.15, 0.2) is 0 Å². The third-order valence-corrected chi connectivity index (χ3v) is 3.49. The van der Waals surface area contributed by atoms with Crippen LogP contribution in [0.4, 0.5) is 14.7 Å². The van der Waals surface area contributed by atoms with E-state index >= 15 is 0 Å². The molecule has 7 heteroatoms. The van der Waals surface area contributed by atoms with Crippen LogP contribution in [0.1, 0.15) is 12.1 Å². The lowest BCUT2D eigenvalue weighted by Gasteiger charge is -2.11. The van der Waals surface area contributed by atoms with Gasteiger partial charge in [0.25, 0.3) is 0 Å². The van der Waals surface area contributed by atoms with E-state index in [1.807, 2.05) is 0 Å². The molecule has 0 aliphatic rings. The maximum atomic E-state index is 14.1. The zero-order valence-electron chi connectivity index (χ0n) is 11.8. The van der Waals surface area contributed by atoms with E-state index in [2.05, 4.69) is 26.2 Å². The molecule has 1 aromatic heterocycles. The van der Waals surface area contributed by atoms with Crippen LogP contribution < -0.4 is 5.32 Å². The molecule has 0 amide bonds. The normalized spacial score (nSPS) is 10.9. The first-order valence-corrected chi connectivity index (χ1v) is 7.26. The molecule has 0 bridgehead atoms. The molecule has 21 heavy (non-hydrogen) atoms. The molecule has 0 saturated heterocycles. The molecule has 0 saturated carbocycles. The molecule has 0 spiro atoms. The SMILES string of the molecule is COCCCNc1nc(C)cn1-c1cc(F)c(Br)cc1F. The van der Waals surface area contributed by atoms with E-state index in [0.717, 1.165) is 18.6 Å². The number of methoxy groups -OCH3 is 1. The lowest BCUT2D eigenvalue weighted by Crippen LogP contribution is -2.10. The van der Waals surface area contributed by atoms with Crippen molar-refractivity contribution >= 4 is 21.9 Å². The van der Waals surface area contributed by atoms with Crippen molar-refractivity contribution in [3.8, 4) is 5.69 Å². The smallest absolute Gasteiger partial charge is 0.207 e. The van der Waals surface area contributed by atoms with Crippen LogP contribution >= 0.6 is 15.9 Å². The van der Waals surface area contributed by atoms with E-state index in [4.69, 9.17) is 4.74 Å². The predicted octanol–water partition coefficient (Wildman–Crippen LogP) is 3.67. The summed E-state index contributed by atoms with van der Waals surface area (Å²) in [6.07, 6.45) is 2.45. The third kappa shape index (κ3) is 3.79. The van der Waals surface area contributed by atoms with Crippen LogP contribution in [0.25, 0.3) is 5.69 Å². The number of hydrogen-bond acceptors (Lipinski definition) is 3. The fourth-order valence-corrected chi connectivity index (χ4v) is 2.23. The van der Waals surface area contributed by atoms with Gasteiger partial charge in [0.2, 0.25) is 5.95 Å². The van der Waals surface area contributed by atoms with Gasteiger partial charge in [-0.1, -0.05) is 0 Å². The van der Waals surface area contributed by atoms with Gasteiger partial charge in [-0.25, -0.2) is 13.8 Å². The van der Waals surface area contributed by atoms with Crippen LogP contribution in [0.3, 0.4) is 0 Å². The first-order chi connectivity index (χ1) is 10.0. The summed E-state index contributed by atoms with van der Waals surface area (Å²) in [5.41, 5.74) is 0.831. The number of aromatic nitrogens is 2. The zero-order chi connectivity index (χ0) is 15.4. The lowest BCUT2D eigenvalue weighted by atomic mass is 10.3. The third-order valence-electron chi connectivity index (χ3n) is 2.88. The number of benzene rings is 1. The largest absolute Gasteiger partial charge is 0.385 e. The zero-order valence-corrected chi connectivity index (χ0v) is 13.4. The van der Waals surface area contributed by atoms with E-state index in [0.29, 0.717) is 24.8 Å². The van der Waals surface area contributed by atoms with Crippen LogP contribution in [0.5, 0.6) is 0 Å². The van der Waals surface area contributed by atoms with E-state index in [-0.39, 0.29) is 10.2 Å². The first kappa shape index (κ1) is 15.9. The summed E-state index contributed by atoms with van der Waals surface area (Å²) in [5, 5.41) is 3.10. The number of rotatable bonds is 6. The molecule has 0 unspecified atom stereocenters. The summed E-state index contributed by atoms with van der Waals surface area (Å²) >= 11 is 2.97. The number of imidazole rings is 1. The molecule has 2 rings (SSSR count). The number of halogens is 3. The summed E-state index contributed by atoms with van der Waals surface area (Å²) in [7, 11) is 1.63. The number of hydrogen-bond donors (Lipinski definition) is 1. The topological polar surface area (TPSA) is 39.1 Å². The van der Waals surface area contributed by atoms with Gasteiger partial charge >= 0.3 is 0 Å². The Balaban J connectivity index is 2.29. The highest BCUT2D eigenvalue weighted by molar-refractivity contribution is 9.10. The van der Waals surface area contributed by atoms with Crippen LogP contribution in [-0.2, 0) is 4.74 Å². The minimum Gasteiger partial charge on any atom is -0.385 e. The van der Waals surface area contributed by atoms with E-state index in [1.165, 1.54) is 4.57 Å². The van der Waals surface area contributed by atoms with Crippen molar-refractivity contribution in [2.24, 2.45) is 0 Å². The highest BCUT2D eigenvalue weighted by Gasteiger charge is 2.14. The van der Waals surface area contributed by atoms with Gasteiger partial charge in [-0.05, 0) is 35.3 Å². The first-order valence-electron chi connectivity index (χ1n) is 6.46. The molecule has 0 aliphatic carbocycles. The maximum Gasteiger partial charge on any atom is 0.207 e. The molecule has 1 aromatic carbocycles. The Bertz CT molecular complexity index is 631. The lowest BCUT2D eigenvalue weighted by molar-refractivity contribution is 0.197. The number of nitrogens with one attached hydrogen (secondary N) is 1. The van der Waals surface area contributed by atoms with Crippen molar-refractivity contribution in [3.63, 3.8) is 0 Å². The average Bonchev–Trinajstić information content (AvgIpc) is 2.80. The molecule has 1 heterocycles. The Morgan fingerprint density at radius 2 is 2.10 bits per heavy atom. The second kappa shape index (κ2) is 7.00. The van der Waals surface area contributed by atoms with Crippen LogP contribution in [0.2, 0.25) is 0 Å². The van der Waals surface area contributed by atoms with Crippen molar-refractivity contribution in [1.82, 2.24) is 9.55 Å². The fraction of sp³-hybridized carbons (Fsp3) is 0.357. The summed E-state index contributed by atoms with van der Waals surface area (Å²) in [6.45, 7) is 3.04. The van der Waals surface area contributed by atoms with E-state index in [1.54, 1.807) is 20.2 Å². The number of ether oxygens (including phenoxy) is 1. The molecular formula is C14H16BrF2N3O. The molecule has 114 valence electrons. The number of aryl methyl sites for hydroxylation is 1. The van der Waals surface area contributed by atoms with Gasteiger partial charge in [-0.2, -0.15) is 0 Å². The van der Waals surface area contributed by atoms with Crippen LogP contribution in [-0.4, -0.2) is 29.8 Å². The fourth-order valence-electron chi connectivity index (χ4n) is 1.92. The Morgan fingerprint density at radius 3 is 2.81 bits per heavy atom. The molecule has 0 fully saturated rings. The molecule has 0 aliphatic heterocycles. The average molecular weight is 360 g/mol. The minimum absolute atomic E-state index is 0.0928. The molecule has 0 radical (unpaired) electrons. The summed E-state index contributed by atoms with van der Waals surface area (Å²) in [4.78, 5) is 4.29. The van der Waals surface area contributed by atoms with Crippen LogP contribution in [0.15, 0.2) is 22.8 Å². The van der Waals surface area contributed by atoms with Gasteiger partial charge in [-0.3, -0.25) is 4.57 Å². The molecule has 0 atom stereocenters. The molecule has 4 nitrogen and oxygen atoms in total. The van der Waals surface area contributed by atoms with Crippen molar-refractivity contribution in [2.45, 2.75) is 13.3 Å². The molecule has 1 N–H and O–H groups in total. The maximum absolute atomic E-state index is 14.1. The van der Waals surface area contributed by atoms with Crippen molar-refractivity contribution < 1.29 is 13.5 Å². The Morgan fingerprint density at radius 1 is 1.33 bits per heavy atom. The predicted molar refractivity (Wildman–Crippen MR) is 80.9 cm³/mol.